The lowest BCUT2D eigenvalue weighted by molar-refractivity contribution is -0.139. The minimum atomic E-state index is -4.53. The summed E-state index contributed by atoms with van der Waals surface area (Å²) in [5.41, 5.74) is 1.50. The summed E-state index contributed by atoms with van der Waals surface area (Å²) in [7, 11) is 0. The number of hydrogen-bond donors (Lipinski definition) is 1. The highest BCUT2D eigenvalue weighted by molar-refractivity contribution is 7.98. The fourth-order valence-electron chi connectivity index (χ4n) is 3.57. The number of thioether (sulfide) groups is 1. The summed E-state index contributed by atoms with van der Waals surface area (Å²) in [5, 5.41) is 2.60. The lowest BCUT2D eigenvalue weighted by Crippen LogP contribution is -2.33. The molecule has 1 aliphatic rings. The number of halogens is 4. The molecule has 0 radical (unpaired) electrons. The Morgan fingerprint density at radius 1 is 1.16 bits per heavy atom. The molecular weight excluding hydrogens is 430 g/mol. The second-order valence-electron chi connectivity index (χ2n) is 6.98. The van der Waals surface area contributed by atoms with Gasteiger partial charge in [-0.1, -0.05) is 6.07 Å². The Balaban J connectivity index is 1.63. The number of alkyl halides is 3. The molecule has 3 aromatic rings. The first-order valence-electron chi connectivity index (χ1n) is 9.34. The number of aromatic nitrogens is 1. The third-order valence-corrected chi connectivity index (χ3v) is 5.77. The van der Waals surface area contributed by atoms with E-state index in [1.165, 1.54) is 17.0 Å². The number of nitrogens with one attached hydrogen (secondary N) is 1. The van der Waals surface area contributed by atoms with Crippen LogP contribution in [-0.2, 0) is 12.6 Å². The normalized spacial score (nSPS) is 13.3. The van der Waals surface area contributed by atoms with Crippen LogP contribution in [0.25, 0.3) is 11.1 Å². The number of amides is 2. The lowest BCUT2D eigenvalue weighted by Gasteiger charge is -2.20. The third kappa shape index (κ3) is 4.36. The number of fused-ring (bicyclic) bond motifs is 1. The summed E-state index contributed by atoms with van der Waals surface area (Å²) in [5.74, 6) is -0.553. The number of anilines is 2. The van der Waals surface area contributed by atoms with Crippen LogP contribution in [0.5, 0.6) is 0 Å². The molecule has 31 heavy (non-hydrogen) atoms. The van der Waals surface area contributed by atoms with Crippen molar-refractivity contribution in [3.05, 3.63) is 71.8 Å². The van der Waals surface area contributed by atoms with Gasteiger partial charge in [0.05, 0.1) is 5.56 Å². The predicted molar refractivity (Wildman–Crippen MR) is 113 cm³/mol. The van der Waals surface area contributed by atoms with Gasteiger partial charge in [0.25, 0.3) is 0 Å². The molecular formula is C22H17F4N3OS. The van der Waals surface area contributed by atoms with Gasteiger partial charge in [-0.25, -0.2) is 9.18 Å². The van der Waals surface area contributed by atoms with Crippen LogP contribution in [0.2, 0.25) is 0 Å². The highest BCUT2D eigenvalue weighted by Crippen LogP contribution is 2.42. The summed E-state index contributed by atoms with van der Waals surface area (Å²) in [4.78, 5) is 18.2. The Hall–Kier alpha value is -3.07. The Morgan fingerprint density at radius 2 is 1.97 bits per heavy atom. The van der Waals surface area contributed by atoms with E-state index in [-0.39, 0.29) is 22.8 Å². The SMILES string of the molecule is CSc1cc2c(cc1C(F)(F)F)N(C(=O)Nc1cc(F)cc(-c3cccnc3)c1)CC2. The molecule has 9 heteroatoms. The number of urea groups is 1. The first-order valence-corrected chi connectivity index (χ1v) is 10.6. The molecule has 1 aliphatic heterocycles. The Morgan fingerprint density at radius 3 is 2.65 bits per heavy atom. The van der Waals surface area contributed by atoms with Crippen LogP contribution in [0.15, 0.2) is 59.8 Å². The molecule has 4 rings (SSSR count). The van der Waals surface area contributed by atoms with Crippen LogP contribution >= 0.6 is 11.8 Å². The lowest BCUT2D eigenvalue weighted by atomic mass is 10.1. The summed E-state index contributed by atoms with van der Waals surface area (Å²) < 4.78 is 54.5. The van der Waals surface area contributed by atoms with Crippen LogP contribution in [0.3, 0.4) is 0 Å². The van der Waals surface area contributed by atoms with E-state index in [0.29, 0.717) is 23.1 Å². The zero-order valence-electron chi connectivity index (χ0n) is 16.3. The summed E-state index contributed by atoms with van der Waals surface area (Å²) in [6.07, 6.45) is 0.658. The molecule has 0 bridgehead atoms. The van der Waals surface area contributed by atoms with E-state index >= 15 is 0 Å². The van der Waals surface area contributed by atoms with Crippen molar-refractivity contribution in [1.29, 1.82) is 0 Å². The van der Waals surface area contributed by atoms with Gasteiger partial charge in [-0.2, -0.15) is 13.2 Å². The van der Waals surface area contributed by atoms with Gasteiger partial charge in [-0.3, -0.25) is 9.88 Å². The van der Waals surface area contributed by atoms with Crippen molar-refractivity contribution in [1.82, 2.24) is 4.98 Å². The molecule has 0 spiro atoms. The number of nitrogens with zero attached hydrogens (tertiary/aromatic N) is 2. The minimum absolute atomic E-state index is 0.125. The summed E-state index contributed by atoms with van der Waals surface area (Å²) in [6.45, 7) is 0.237. The minimum Gasteiger partial charge on any atom is -0.307 e. The largest absolute Gasteiger partial charge is 0.417 e. The molecule has 0 saturated heterocycles. The molecule has 0 saturated carbocycles. The van der Waals surface area contributed by atoms with Gasteiger partial charge >= 0.3 is 12.2 Å². The van der Waals surface area contributed by atoms with Crippen molar-refractivity contribution >= 4 is 29.2 Å². The molecule has 1 aromatic heterocycles. The second kappa shape index (κ2) is 8.22. The van der Waals surface area contributed by atoms with Crippen LogP contribution in [0.1, 0.15) is 11.1 Å². The molecule has 0 atom stereocenters. The summed E-state index contributed by atoms with van der Waals surface area (Å²) in [6, 6.07) is 9.41. The summed E-state index contributed by atoms with van der Waals surface area (Å²) >= 11 is 1.02. The maximum atomic E-state index is 14.1. The topological polar surface area (TPSA) is 45.2 Å². The highest BCUT2D eigenvalue weighted by atomic mass is 32.2. The number of benzene rings is 2. The van der Waals surface area contributed by atoms with Crippen molar-refractivity contribution in [3.63, 3.8) is 0 Å². The third-order valence-electron chi connectivity index (χ3n) is 4.99. The quantitative estimate of drug-likeness (QED) is 0.383. The van der Waals surface area contributed by atoms with E-state index in [9.17, 15) is 22.4 Å². The van der Waals surface area contributed by atoms with Crippen molar-refractivity contribution in [2.24, 2.45) is 0 Å². The van der Waals surface area contributed by atoms with E-state index in [4.69, 9.17) is 0 Å². The molecule has 0 fully saturated rings. The van der Waals surface area contributed by atoms with E-state index in [0.717, 1.165) is 23.9 Å². The first kappa shape index (κ1) is 21.2. The van der Waals surface area contributed by atoms with E-state index < -0.39 is 23.6 Å². The second-order valence-corrected chi connectivity index (χ2v) is 7.83. The smallest absolute Gasteiger partial charge is 0.307 e. The van der Waals surface area contributed by atoms with Crippen molar-refractivity contribution in [3.8, 4) is 11.1 Å². The maximum Gasteiger partial charge on any atom is 0.417 e. The molecule has 0 aliphatic carbocycles. The zero-order valence-corrected chi connectivity index (χ0v) is 17.1. The van der Waals surface area contributed by atoms with Gasteiger partial charge in [-0.15, -0.1) is 11.8 Å². The highest BCUT2D eigenvalue weighted by Gasteiger charge is 2.36. The average molecular weight is 447 g/mol. The number of carbonyl (C=O) groups is 1. The van der Waals surface area contributed by atoms with E-state index in [1.807, 2.05) is 0 Å². The molecule has 0 unspecified atom stereocenters. The molecule has 2 aromatic carbocycles. The maximum absolute atomic E-state index is 14.1. The van der Waals surface area contributed by atoms with Gasteiger partial charge in [0.15, 0.2) is 0 Å². The fraction of sp³-hybridized carbons (Fsp3) is 0.182. The Labute approximate surface area is 180 Å². The molecule has 4 nitrogen and oxygen atoms in total. The number of carbonyl (C=O) groups excluding carboxylic acids is 1. The molecule has 1 N–H and O–H groups in total. The Bertz CT molecular complexity index is 1140. The van der Waals surface area contributed by atoms with Crippen LogP contribution in [0.4, 0.5) is 33.7 Å². The zero-order chi connectivity index (χ0) is 22.2. The van der Waals surface area contributed by atoms with Gasteiger partial charge in [0, 0.05) is 40.8 Å². The predicted octanol–water partition coefficient (Wildman–Crippen LogP) is 6.22. The van der Waals surface area contributed by atoms with Crippen molar-refractivity contribution in [2.75, 3.05) is 23.0 Å². The van der Waals surface area contributed by atoms with Crippen LogP contribution in [0, 0.1) is 5.82 Å². The van der Waals surface area contributed by atoms with Gasteiger partial charge in [-0.05, 0) is 60.2 Å². The first-order chi connectivity index (χ1) is 14.8. The standard InChI is InChI=1S/C22H17F4N3OS/c1-31-20-9-13-4-6-29(19(13)11-18(20)22(24,25)26)21(30)28-17-8-15(7-16(23)10-17)14-3-2-5-27-12-14/h2-3,5,7-12H,4,6H2,1H3,(H,28,30). The van der Waals surface area contributed by atoms with Crippen molar-refractivity contribution < 1.29 is 22.4 Å². The number of rotatable bonds is 3. The van der Waals surface area contributed by atoms with Crippen LogP contribution in [-0.4, -0.2) is 23.8 Å². The van der Waals surface area contributed by atoms with Crippen LogP contribution < -0.4 is 10.2 Å². The molecule has 2 amide bonds. The van der Waals surface area contributed by atoms with Gasteiger partial charge < -0.3 is 5.32 Å². The Kier molecular flexibility index (Phi) is 5.62. The number of hydrogen-bond acceptors (Lipinski definition) is 3. The van der Waals surface area contributed by atoms with Gasteiger partial charge in [0.1, 0.15) is 5.82 Å². The van der Waals surface area contributed by atoms with Gasteiger partial charge in [0.2, 0.25) is 0 Å². The average Bonchev–Trinajstić information content (AvgIpc) is 3.15. The van der Waals surface area contributed by atoms with Crippen molar-refractivity contribution in [2.45, 2.75) is 17.5 Å². The molecule has 160 valence electrons. The van der Waals surface area contributed by atoms with E-state index in [1.54, 1.807) is 36.8 Å². The fourth-order valence-corrected chi connectivity index (χ4v) is 4.22. The van der Waals surface area contributed by atoms with E-state index in [2.05, 4.69) is 10.3 Å². The molecule has 2 heterocycles. The monoisotopic (exact) mass is 447 g/mol. The number of pyridine rings is 1.